The molecule has 0 aliphatic rings. The summed E-state index contributed by atoms with van der Waals surface area (Å²) in [4.78, 5) is 3.01. The number of H-pyrrole nitrogens is 1. The lowest BCUT2D eigenvalue weighted by Crippen LogP contribution is -3.00. The number of hydrogen-bond donors (Lipinski definition) is 1. The quantitative estimate of drug-likeness (QED) is 0.464. The van der Waals surface area contributed by atoms with Crippen molar-refractivity contribution in [2.45, 2.75) is 19.0 Å². The highest BCUT2D eigenvalue weighted by atomic mass is 35.5. The number of imidazole rings is 1. The van der Waals surface area contributed by atoms with Gasteiger partial charge in [0.15, 0.2) is 5.67 Å². The molecule has 0 aromatic carbocycles. The highest BCUT2D eigenvalue weighted by Crippen LogP contribution is 2.21. The van der Waals surface area contributed by atoms with Gasteiger partial charge < -0.3 is 25.7 Å². The number of nitrogens with one attached hydrogen (secondary N) is 1. The fourth-order valence-electron chi connectivity index (χ4n) is 1.80. The first-order valence-electron chi connectivity index (χ1n) is 4.93. The van der Waals surface area contributed by atoms with Gasteiger partial charge in [-0.1, -0.05) is 6.92 Å². The van der Waals surface area contributed by atoms with Crippen LogP contribution in [0.5, 0.6) is 0 Å². The minimum absolute atomic E-state index is 0. The second-order valence-electron chi connectivity index (χ2n) is 3.20. The summed E-state index contributed by atoms with van der Waals surface area (Å²) in [5, 5.41) is 0. The predicted octanol–water partition coefficient (Wildman–Crippen LogP) is -2.33. The molecule has 1 N–H and O–H groups in total. The number of aromatic nitrogens is 2. The van der Waals surface area contributed by atoms with Gasteiger partial charge >= 0.3 is 8.80 Å². The summed E-state index contributed by atoms with van der Waals surface area (Å²) >= 11 is 0. The van der Waals surface area contributed by atoms with Crippen molar-refractivity contribution in [2.75, 3.05) is 21.3 Å². The average Bonchev–Trinajstić information content (AvgIpc) is 2.79. The summed E-state index contributed by atoms with van der Waals surface area (Å²) in [7, 11) is 2.29. The minimum Gasteiger partial charge on any atom is -1.00 e. The molecular weight excluding hydrogens is 248 g/mol. The third-order valence-electron chi connectivity index (χ3n) is 2.57. The second-order valence-corrected chi connectivity index (χ2v) is 6.30. The van der Waals surface area contributed by atoms with E-state index in [0.717, 1.165) is 6.42 Å². The number of aromatic amines is 1. The lowest BCUT2D eigenvalue weighted by Gasteiger charge is -2.29. The molecule has 0 saturated heterocycles. The van der Waals surface area contributed by atoms with E-state index in [1.54, 1.807) is 21.3 Å². The zero-order valence-corrected chi connectivity index (χ0v) is 11.8. The van der Waals surface area contributed by atoms with Crippen molar-refractivity contribution in [3.63, 3.8) is 0 Å². The lowest BCUT2D eigenvalue weighted by atomic mass is 10.5. The van der Waals surface area contributed by atoms with Crippen molar-refractivity contribution in [2.24, 2.45) is 0 Å². The fraction of sp³-hybridized carbons (Fsp3) is 0.667. The molecule has 0 bridgehead atoms. The van der Waals surface area contributed by atoms with Crippen LogP contribution >= 0.6 is 0 Å². The van der Waals surface area contributed by atoms with Crippen molar-refractivity contribution in [1.29, 1.82) is 0 Å². The second kappa shape index (κ2) is 7.03. The molecule has 94 valence electrons. The molecule has 0 fully saturated rings. The van der Waals surface area contributed by atoms with Gasteiger partial charge in [0, 0.05) is 21.3 Å². The molecule has 7 heteroatoms. The first-order chi connectivity index (χ1) is 7.24. The van der Waals surface area contributed by atoms with Crippen molar-refractivity contribution in [1.82, 2.24) is 4.98 Å². The fourth-order valence-corrected chi connectivity index (χ4v) is 4.14. The van der Waals surface area contributed by atoms with E-state index < -0.39 is 8.80 Å². The smallest absolute Gasteiger partial charge is 0.547 e. The third kappa shape index (κ3) is 2.83. The van der Waals surface area contributed by atoms with E-state index in [4.69, 9.17) is 13.3 Å². The van der Waals surface area contributed by atoms with Gasteiger partial charge in [0.1, 0.15) is 12.4 Å². The van der Waals surface area contributed by atoms with Crippen LogP contribution < -0.4 is 17.0 Å². The molecule has 0 aliphatic heterocycles. The van der Waals surface area contributed by atoms with Crippen LogP contribution in [-0.4, -0.2) is 35.1 Å². The third-order valence-corrected chi connectivity index (χ3v) is 5.80. The van der Waals surface area contributed by atoms with E-state index in [-0.39, 0.29) is 18.1 Å². The van der Waals surface area contributed by atoms with Crippen molar-refractivity contribution >= 4 is 8.80 Å². The normalized spacial score (nSPS) is 13.2. The lowest BCUT2D eigenvalue weighted by molar-refractivity contribution is -0.709. The highest BCUT2D eigenvalue weighted by molar-refractivity contribution is 6.60. The maximum atomic E-state index is 5.47. The Hall–Kier alpha value is -0.403. The van der Waals surface area contributed by atoms with Gasteiger partial charge in [-0.05, 0) is 6.42 Å². The van der Waals surface area contributed by atoms with Crippen molar-refractivity contribution in [3.05, 3.63) is 18.7 Å². The van der Waals surface area contributed by atoms with Crippen LogP contribution in [0.3, 0.4) is 0 Å². The summed E-state index contributed by atoms with van der Waals surface area (Å²) in [6.07, 6.45) is 6.59. The number of rotatable bonds is 6. The van der Waals surface area contributed by atoms with Gasteiger partial charge in [0.05, 0.1) is 0 Å². The van der Waals surface area contributed by atoms with Crippen molar-refractivity contribution < 1.29 is 30.3 Å². The van der Waals surface area contributed by atoms with Gasteiger partial charge in [-0.15, -0.1) is 0 Å². The topological polar surface area (TPSA) is 47.4 Å². The van der Waals surface area contributed by atoms with Gasteiger partial charge in [0.25, 0.3) is 0 Å². The molecule has 1 atom stereocenters. The van der Waals surface area contributed by atoms with Crippen LogP contribution in [0.15, 0.2) is 18.7 Å². The Morgan fingerprint density at radius 3 is 2.12 bits per heavy atom. The SMILES string of the molecule is CCC([n+]1cc[nH]c1)[Si](OC)(OC)OC.[Cl-]. The Bertz CT molecular complexity index is 272. The summed E-state index contributed by atoms with van der Waals surface area (Å²) in [5.41, 5.74) is 0.101. The number of nitrogens with zero attached hydrogens (tertiary/aromatic N) is 1. The predicted molar refractivity (Wildman–Crippen MR) is 57.1 cm³/mol. The first-order valence-corrected chi connectivity index (χ1v) is 6.73. The molecule has 1 rings (SSSR count). The van der Waals surface area contributed by atoms with E-state index in [2.05, 4.69) is 11.9 Å². The Kier molecular flexibility index (Phi) is 6.85. The molecule has 5 nitrogen and oxygen atoms in total. The van der Waals surface area contributed by atoms with Crippen LogP contribution in [0.25, 0.3) is 0 Å². The Morgan fingerprint density at radius 2 is 1.81 bits per heavy atom. The summed E-state index contributed by atoms with van der Waals surface area (Å²) in [6.45, 7) is 2.09. The maximum Gasteiger partial charge on any atom is 0.547 e. The molecule has 1 unspecified atom stereocenters. The molecule has 0 amide bonds. The van der Waals surface area contributed by atoms with Crippen LogP contribution in [0, 0.1) is 0 Å². The molecule has 1 aromatic rings. The minimum atomic E-state index is -2.61. The molecule has 0 spiro atoms. The van der Waals surface area contributed by atoms with Gasteiger partial charge in [-0.2, -0.15) is 0 Å². The highest BCUT2D eigenvalue weighted by Gasteiger charge is 2.50. The van der Waals surface area contributed by atoms with Crippen LogP contribution in [0.4, 0.5) is 0 Å². The summed E-state index contributed by atoms with van der Waals surface area (Å²) in [6, 6.07) is 0. The van der Waals surface area contributed by atoms with Crippen LogP contribution in [0.2, 0.25) is 0 Å². The van der Waals surface area contributed by atoms with Crippen LogP contribution in [-0.2, 0) is 13.3 Å². The molecule has 0 saturated carbocycles. The molecule has 1 aromatic heterocycles. The first kappa shape index (κ1) is 15.6. The van der Waals surface area contributed by atoms with E-state index in [1.807, 2.05) is 23.3 Å². The van der Waals surface area contributed by atoms with Gasteiger partial charge in [-0.25, -0.2) is 4.57 Å². The molecule has 16 heavy (non-hydrogen) atoms. The van der Waals surface area contributed by atoms with Gasteiger partial charge in [0.2, 0.25) is 6.33 Å². The zero-order valence-electron chi connectivity index (χ0n) is 10.1. The largest absolute Gasteiger partial charge is 1.00 e. The zero-order chi connectivity index (χ0) is 11.3. The van der Waals surface area contributed by atoms with Gasteiger partial charge in [-0.3, -0.25) is 4.98 Å². The van der Waals surface area contributed by atoms with E-state index in [9.17, 15) is 0 Å². The van der Waals surface area contributed by atoms with E-state index in [1.165, 1.54) is 0 Å². The standard InChI is InChI=1S/C9H18N2O3Si.ClH/c1-5-9(11-7-6-10-8-11)15(12-2,13-3)14-4;/h6-9H,5H2,1-4H3;1H. The summed E-state index contributed by atoms with van der Waals surface area (Å²) in [5.74, 6) is 0. The number of hydrogen-bond acceptors (Lipinski definition) is 3. The number of halogens is 1. The Labute approximate surface area is 104 Å². The summed E-state index contributed by atoms with van der Waals surface area (Å²) < 4.78 is 18.4. The molecule has 1 heterocycles. The van der Waals surface area contributed by atoms with E-state index in [0.29, 0.717) is 0 Å². The maximum absolute atomic E-state index is 5.47. The Balaban J connectivity index is 0.00000225. The molecular formula is C9H19ClN2O3Si. The van der Waals surface area contributed by atoms with Crippen molar-refractivity contribution in [3.8, 4) is 0 Å². The molecule has 0 radical (unpaired) electrons. The molecule has 0 aliphatic carbocycles. The van der Waals surface area contributed by atoms with E-state index >= 15 is 0 Å². The Morgan fingerprint density at radius 1 is 1.25 bits per heavy atom. The average molecular weight is 267 g/mol. The monoisotopic (exact) mass is 266 g/mol. The van der Waals surface area contributed by atoms with Crippen LogP contribution in [0.1, 0.15) is 19.0 Å².